The van der Waals surface area contributed by atoms with E-state index < -0.39 is 11.8 Å². The number of benzene rings is 2. The van der Waals surface area contributed by atoms with Crippen molar-refractivity contribution < 1.29 is 13.1 Å². The van der Waals surface area contributed by atoms with Crippen LogP contribution in [0.1, 0.15) is 41.6 Å². The smallest absolute Gasteiger partial charge is 0.216 e. The number of pyridine rings is 1. The maximum Gasteiger partial charge on any atom is 0.216 e. The van der Waals surface area contributed by atoms with Gasteiger partial charge in [0, 0.05) is 25.6 Å². The highest BCUT2D eigenvalue weighted by Gasteiger charge is 2.22. The molecular weight excluding hydrogens is 356 g/mol. The molecule has 0 bridgehead atoms. The normalized spacial score (nSPS) is 13.9. The number of hydrogen-bond acceptors (Lipinski definition) is 1. The first kappa shape index (κ1) is 15.8. The van der Waals surface area contributed by atoms with E-state index in [-0.39, 0.29) is 6.17 Å². The van der Waals surface area contributed by atoms with E-state index in [2.05, 4.69) is 4.85 Å². The van der Waals surface area contributed by atoms with E-state index in [0.29, 0.717) is 22.4 Å². The first-order chi connectivity index (χ1) is 14.9. The van der Waals surface area contributed by atoms with Gasteiger partial charge in [0.1, 0.15) is 19.6 Å². The fourth-order valence-corrected chi connectivity index (χ4v) is 3.79. The van der Waals surface area contributed by atoms with Gasteiger partial charge in [-0.15, -0.1) is 0 Å². The van der Waals surface area contributed by atoms with Crippen LogP contribution in [0.5, 0.6) is 0 Å². The summed E-state index contributed by atoms with van der Waals surface area (Å²) < 4.78 is 34.1. The minimum absolute atomic E-state index is 0.226. The molecule has 0 unspecified atom stereocenters. The highest BCUT2D eigenvalue weighted by Crippen LogP contribution is 2.39. The summed E-state index contributed by atoms with van der Waals surface area (Å²) in [5.74, 6) is 0. The molecule has 0 N–H and O–H groups in total. The van der Waals surface area contributed by atoms with Gasteiger partial charge in [-0.1, -0.05) is 39.0 Å². The lowest BCUT2D eigenvalue weighted by Gasteiger charge is -2.18. The monoisotopic (exact) mass is 386 g/mol. The van der Waals surface area contributed by atoms with Crippen LogP contribution < -0.4 is 4.57 Å². The molecule has 2 aromatic carbocycles. The van der Waals surface area contributed by atoms with Crippen LogP contribution in [0.3, 0.4) is 0 Å². The first-order valence-corrected chi connectivity index (χ1v) is 9.72. The molecule has 0 aliphatic carbocycles. The van der Waals surface area contributed by atoms with Crippen molar-refractivity contribution in [2.45, 2.75) is 41.0 Å². The second kappa shape index (κ2) is 6.74. The van der Waals surface area contributed by atoms with Gasteiger partial charge in [-0.3, -0.25) is 0 Å². The molecule has 0 amide bonds. The third-order valence-corrected chi connectivity index (χ3v) is 5.13. The van der Waals surface area contributed by atoms with Gasteiger partial charge in [-0.25, -0.2) is 9.41 Å². The number of aromatic nitrogens is 1. The molecule has 0 saturated heterocycles. The van der Waals surface area contributed by atoms with Crippen LogP contribution in [-0.4, -0.2) is 0 Å². The van der Waals surface area contributed by atoms with Gasteiger partial charge in [0.15, 0.2) is 11.9 Å². The van der Waals surface area contributed by atoms with Gasteiger partial charge in [-0.05, 0) is 48.4 Å². The minimum atomic E-state index is -1.62. The van der Waals surface area contributed by atoms with Crippen molar-refractivity contribution in [3.8, 4) is 11.3 Å². The van der Waals surface area contributed by atoms with E-state index in [4.69, 9.17) is 15.1 Å². The van der Waals surface area contributed by atoms with Gasteiger partial charge in [-0.2, -0.15) is 0 Å². The molecule has 3 heteroatoms. The quantitative estimate of drug-likeness (QED) is 0.273. The topological polar surface area (TPSA) is 21.4 Å². The van der Waals surface area contributed by atoms with Crippen LogP contribution in [0, 0.1) is 25.8 Å². The first-order valence-electron chi connectivity index (χ1n) is 11.2. The highest BCUT2D eigenvalue weighted by atomic mass is 16.3. The molecule has 0 aliphatic heterocycles. The Morgan fingerprint density at radius 3 is 2.55 bits per heavy atom. The summed E-state index contributed by atoms with van der Waals surface area (Å²) in [5.41, 5.74) is 5.18. The molecule has 146 valence electrons. The third-order valence-electron chi connectivity index (χ3n) is 5.13. The SMILES string of the molecule is [2H]c1cc(C([2H])([2H])C(C)(C)C)cc(-c2c(C)ccc3c2oc2cc([N+]#[C-])c(C)cc23)[n+]1C. The number of nitrogens with zero attached hydrogens (tertiary/aromatic N) is 2. The Kier molecular flexibility index (Phi) is 3.66. The number of rotatable bonds is 2. The van der Waals surface area contributed by atoms with E-state index in [9.17, 15) is 0 Å². The molecule has 0 fully saturated rings. The number of furan rings is 1. The van der Waals surface area contributed by atoms with Crippen molar-refractivity contribution in [1.29, 1.82) is 0 Å². The second-order valence-corrected chi connectivity index (χ2v) is 8.68. The maximum atomic E-state index is 8.74. The summed E-state index contributed by atoms with van der Waals surface area (Å²) in [6.07, 6.45) is -1.40. The molecule has 0 aliphatic rings. The summed E-state index contributed by atoms with van der Waals surface area (Å²) in [7, 11) is 1.82. The van der Waals surface area contributed by atoms with Crippen molar-refractivity contribution in [3.05, 3.63) is 70.7 Å². The number of hydrogen-bond donors (Lipinski definition) is 0. The molecule has 3 nitrogen and oxygen atoms in total. The van der Waals surface area contributed by atoms with Gasteiger partial charge in [0.2, 0.25) is 5.69 Å². The van der Waals surface area contributed by atoms with Crippen molar-refractivity contribution in [2.75, 3.05) is 0 Å². The number of aryl methyl sites for hydroxylation is 2. The predicted octanol–water partition coefficient (Wildman–Crippen LogP) is 6.83. The van der Waals surface area contributed by atoms with Crippen LogP contribution in [0.25, 0.3) is 38.0 Å². The Bertz CT molecular complexity index is 1440. The molecule has 4 rings (SSSR count). The van der Waals surface area contributed by atoms with Crippen LogP contribution in [0.15, 0.2) is 47.0 Å². The van der Waals surface area contributed by atoms with E-state index >= 15 is 0 Å². The average molecular weight is 387 g/mol. The van der Waals surface area contributed by atoms with Crippen molar-refractivity contribution >= 4 is 27.6 Å². The zero-order valence-corrected chi connectivity index (χ0v) is 17.8. The predicted molar refractivity (Wildman–Crippen MR) is 119 cm³/mol. The Morgan fingerprint density at radius 2 is 1.86 bits per heavy atom. The van der Waals surface area contributed by atoms with Crippen molar-refractivity contribution in [2.24, 2.45) is 12.5 Å². The summed E-state index contributed by atoms with van der Waals surface area (Å²) in [6.45, 7) is 16.9. The third kappa shape index (κ3) is 3.40. The molecule has 2 aromatic heterocycles. The summed E-state index contributed by atoms with van der Waals surface area (Å²) >= 11 is 0. The molecule has 29 heavy (non-hydrogen) atoms. The van der Waals surface area contributed by atoms with Crippen LogP contribution in [0.4, 0.5) is 5.69 Å². The molecule has 4 aromatic rings. The minimum Gasteiger partial charge on any atom is -0.456 e. The molecular formula is C26H27N2O+. The van der Waals surface area contributed by atoms with E-state index in [1.54, 1.807) is 16.7 Å². The van der Waals surface area contributed by atoms with Crippen LogP contribution >= 0.6 is 0 Å². The second-order valence-electron chi connectivity index (χ2n) is 8.68. The Labute approximate surface area is 176 Å². The Morgan fingerprint density at radius 1 is 1.10 bits per heavy atom. The summed E-state index contributed by atoms with van der Waals surface area (Å²) in [6, 6.07) is 11.3. The van der Waals surface area contributed by atoms with Crippen molar-refractivity contribution in [1.82, 2.24) is 0 Å². The standard InChI is InChI=1S/C26H27N2O/c1-16-8-9-19-20-12-17(2)21(27-6)14-23(20)29-25(19)24(16)22-13-18(10-11-28(22)7)15-26(3,4)5/h8-14H,15H2,1-5,7H3/q+1/i11D,15D2. The Hall–Kier alpha value is -3.12. The fourth-order valence-electron chi connectivity index (χ4n) is 3.79. The van der Waals surface area contributed by atoms with Crippen molar-refractivity contribution in [3.63, 3.8) is 0 Å². The largest absolute Gasteiger partial charge is 0.456 e. The van der Waals surface area contributed by atoms with Crippen LogP contribution in [0.2, 0.25) is 0 Å². The van der Waals surface area contributed by atoms with Gasteiger partial charge >= 0.3 is 0 Å². The van der Waals surface area contributed by atoms with E-state index in [0.717, 1.165) is 33.2 Å². The lowest BCUT2D eigenvalue weighted by Crippen LogP contribution is -2.31. The summed E-state index contributed by atoms with van der Waals surface area (Å²) in [5, 5.41) is 1.89. The van der Waals surface area contributed by atoms with Gasteiger partial charge in [0.05, 0.1) is 12.1 Å². The van der Waals surface area contributed by atoms with E-state index in [1.807, 2.05) is 65.9 Å². The van der Waals surface area contributed by atoms with Gasteiger partial charge in [0.25, 0.3) is 0 Å². The molecule has 2 heterocycles. The zero-order valence-electron chi connectivity index (χ0n) is 20.8. The fraction of sp³-hybridized carbons (Fsp3) is 0.308. The highest BCUT2D eigenvalue weighted by molar-refractivity contribution is 6.10. The van der Waals surface area contributed by atoms with E-state index in [1.165, 1.54) is 0 Å². The maximum absolute atomic E-state index is 8.74. The lowest BCUT2D eigenvalue weighted by molar-refractivity contribution is -0.660. The summed E-state index contributed by atoms with van der Waals surface area (Å²) in [4.78, 5) is 3.60. The number of fused-ring (bicyclic) bond motifs is 3. The molecule has 0 atom stereocenters. The molecule has 0 saturated carbocycles. The van der Waals surface area contributed by atoms with Crippen LogP contribution in [-0.2, 0) is 13.4 Å². The lowest BCUT2D eigenvalue weighted by atomic mass is 9.88. The Balaban J connectivity index is 2.09. The van der Waals surface area contributed by atoms with Gasteiger partial charge < -0.3 is 4.42 Å². The molecule has 0 radical (unpaired) electrons. The average Bonchev–Trinajstić information content (AvgIpc) is 3.05. The molecule has 0 spiro atoms. The zero-order chi connectivity index (χ0) is 23.6.